The van der Waals surface area contributed by atoms with Crippen LogP contribution >= 0.6 is 27.3 Å². The van der Waals surface area contributed by atoms with Crippen LogP contribution in [-0.2, 0) is 0 Å². The maximum absolute atomic E-state index is 13.3. The number of halogens is 3. The van der Waals surface area contributed by atoms with E-state index in [1.54, 1.807) is 4.52 Å². The Bertz CT molecular complexity index is 1170. The van der Waals surface area contributed by atoms with Crippen LogP contribution in [0.3, 0.4) is 0 Å². The molecule has 1 aliphatic heterocycles. The van der Waals surface area contributed by atoms with Crippen LogP contribution in [0.25, 0.3) is 5.52 Å². The van der Waals surface area contributed by atoms with E-state index in [2.05, 4.69) is 36.2 Å². The fourth-order valence-corrected chi connectivity index (χ4v) is 5.27. The van der Waals surface area contributed by atoms with Crippen molar-refractivity contribution in [3.8, 4) is 5.75 Å². The summed E-state index contributed by atoms with van der Waals surface area (Å²) in [5.41, 5.74) is 7.66. The number of rotatable bonds is 8. The molecule has 0 saturated carbocycles. The lowest BCUT2D eigenvalue weighted by Gasteiger charge is -2.34. The van der Waals surface area contributed by atoms with Crippen molar-refractivity contribution in [3.63, 3.8) is 0 Å². The van der Waals surface area contributed by atoms with Gasteiger partial charge in [-0.15, -0.1) is 11.3 Å². The number of carbonyl (C=O) groups excluding carboxylic acids is 1. The van der Waals surface area contributed by atoms with Crippen molar-refractivity contribution in [3.05, 3.63) is 32.8 Å². The summed E-state index contributed by atoms with van der Waals surface area (Å²) in [4.78, 5) is 21.2. The van der Waals surface area contributed by atoms with Crippen LogP contribution in [0.5, 0.6) is 5.75 Å². The van der Waals surface area contributed by atoms with Crippen molar-refractivity contribution >= 4 is 50.2 Å². The Morgan fingerprint density at radius 1 is 1.44 bits per heavy atom. The second-order valence-electron chi connectivity index (χ2n) is 8.31. The summed E-state index contributed by atoms with van der Waals surface area (Å²) >= 11 is 4.27. The Labute approximate surface area is 208 Å². The third-order valence-corrected chi connectivity index (χ3v) is 7.24. The highest BCUT2D eigenvalue weighted by Crippen LogP contribution is 2.36. The SMILES string of the molecule is CN(C)CCOc1cc(C(F)F)sc1C(=O)N[C@@H]1CCCN(c2cc(Br)n3ncnc(N)c23)C1. The van der Waals surface area contributed by atoms with Gasteiger partial charge in [0.25, 0.3) is 12.3 Å². The Hall–Kier alpha value is -2.51. The average molecular weight is 558 g/mol. The van der Waals surface area contributed by atoms with E-state index in [0.717, 1.165) is 41.0 Å². The predicted molar refractivity (Wildman–Crippen MR) is 131 cm³/mol. The van der Waals surface area contributed by atoms with Gasteiger partial charge in [-0.1, -0.05) is 0 Å². The maximum Gasteiger partial charge on any atom is 0.272 e. The number of nitrogens with zero attached hydrogens (tertiary/aromatic N) is 5. The quantitative estimate of drug-likeness (QED) is 0.437. The molecule has 0 bridgehead atoms. The molecule has 1 fully saturated rings. The number of hydrogen-bond acceptors (Lipinski definition) is 8. The zero-order chi connectivity index (χ0) is 24.4. The maximum atomic E-state index is 13.3. The summed E-state index contributed by atoms with van der Waals surface area (Å²) in [5.74, 6) is 0.147. The monoisotopic (exact) mass is 557 g/mol. The van der Waals surface area contributed by atoms with Gasteiger partial charge in [-0.05, 0) is 48.9 Å². The van der Waals surface area contributed by atoms with Gasteiger partial charge in [-0.25, -0.2) is 18.3 Å². The number of likely N-dealkylation sites (N-methyl/N-ethyl adjacent to an activating group) is 1. The molecule has 1 aliphatic rings. The van der Waals surface area contributed by atoms with Crippen molar-refractivity contribution in [2.45, 2.75) is 25.3 Å². The number of nitrogens with one attached hydrogen (secondary N) is 1. The van der Waals surface area contributed by atoms with Crippen LogP contribution in [0.1, 0.15) is 33.8 Å². The molecule has 4 rings (SSSR count). The Morgan fingerprint density at radius 2 is 2.24 bits per heavy atom. The minimum atomic E-state index is -2.66. The average Bonchev–Trinajstić information content (AvgIpc) is 3.36. The van der Waals surface area contributed by atoms with E-state index in [4.69, 9.17) is 10.5 Å². The number of aromatic nitrogens is 3. The summed E-state index contributed by atoms with van der Waals surface area (Å²) in [6, 6.07) is 3.02. The van der Waals surface area contributed by atoms with E-state index < -0.39 is 12.3 Å². The molecule has 9 nitrogen and oxygen atoms in total. The number of hydrogen-bond donors (Lipinski definition) is 2. The van der Waals surface area contributed by atoms with Crippen LogP contribution in [0.4, 0.5) is 20.3 Å². The molecule has 0 spiro atoms. The van der Waals surface area contributed by atoms with E-state index in [-0.39, 0.29) is 21.5 Å². The van der Waals surface area contributed by atoms with Gasteiger partial charge >= 0.3 is 0 Å². The summed E-state index contributed by atoms with van der Waals surface area (Å²) < 4.78 is 34.7. The van der Waals surface area contributed by atoms with Crippen LogP contribution in [0.2, 0.25) is 0 Å². The molecule has 4 heterocycles. The molecule has 3 aromatic rings. The number of alkyl halides is 2. The summed E-state index contributed by atoms with van der Waals surface area (Å²) in [5, 5.41) is 7.24. The van der Waals surface area contributed by atoms with Gasteiger partial charge in [0.15, 0.2) is 5.82 Å². The number of thiophene rings is 1. The number of fused-ring (bicyclic) bond motifs is 1. The first-order valence-corrected chi connectivity index (χ1v) is 12.4. The normalized spacial score (nSPS) is 16.6. The van der Waals surface area contributed by atoms with Gasteiger partial charge in [0.05, 0.1) is 10.6 Å². The standard InChI is InChI=1S/C21H26BrF2N7O2S/c1-29(2)6-7-33-14-9-15(19(23)24)34-18(14)21(32)28-12-4-3-5-30(10-12)13-8-16(22)31-17(13)20(25)26-11-27-31/h8-9,11-12,19H,3-7,10H2,1-2H3,(H,28,32)(H2,25,26,27)/t12-/m1/s1. The molecule has 0 unspecified atom stereocenters. The first kappa shape index (κ1) is 24.6. The zero-order valence-corrected chi connectivity index (χ0v) is 21.2. The molecular formula is C21H26BrF2N7O2S. The minimum Gasteiger partial charge on any atom is -0.491 e. The van der Waals surface area contributed by atoms with Crippen LogP contribution < -0.4 is 20.7 Å². The molecule has 13 heteroatoms. The third-order valence-electron chi connectivity index (χ3n) is 5.55. The highest BCUT2D eigenvalue weighted by molar-refractivity contribution is 9.10. The molecular weight excluding hydrogens is 532 g/mol. The van der Waals surface area contributed by atoms with E-state index in [0.29, 0.717) is 31.0 Å². The minimum absolute atomic E-state index is 0.167. The van der Waals surface area contributed by atoms with E-state index in [9.17, 15) is 13.6 Å². The van der Waals surface area contributed by atoms with Crippen LogP contribution in [0, 0.1) is 0 Å². The van der Waals surface area contributed by atoms with Crippen LogP contribution in [0.15, 0.2) is 23.1 Å². The second kappa shape index (κ2) is 10.4. The van der Waals surface area contributed by atoms with Crippen molar-refractivity contribution < 1.29 is 18.3 Å². The first-order valence-electron chi connectivity index (χ1n) is 10.8. The topological polar surface area (TPSA) is 101 Å². The zero-order valence-electron chi connectivity index (χ0n) is 18.8. The molecule has 0 aliphatic carbocycles. The van der Waals surface area contributed by atoms with Gasteiger partial charge in [0, 0.05) is 31.7 Å². The summed E-state index contributed by atoms with van der Waals surface area (Å²) in [6.07, 6.45) is 0.336. The van der Waals surface area contributed by atoms with Crippen LogP contribution in [-0.4, -0.2) is 71.8 Å². The van der Waals surface area contributed by atoms with Crippen molar-refractivity contribution in [1.82, 2.24) is 24.8 Å². The fraction of sp³-hybridized carbons (Fsp3) is 0.476. The smallest absolute Gasteiger partial charge is 0.272 e. The Balaban J connectivity index is 1.50. The molecule has 0 radical (unpaired) electrons. The number of anilines is 2. The lowest BCUT2D eigenvalue weighted by molar-refractivity contribution is 0.0933. The molecule has 34 heavy (non-hydrogen) atoms. The van der Waals surface area contributed by atoms with Crippen molar-refractivity contribution in [2.75, 3.05) is 51.0 Å². The van der Waals surface area contributed by atoms with E-state index in [1.165, 1.54) is 12.4 Å². The van der Waals surface area contributed by atoms with Gasteiger partial charge in [0.1, 0.15) is 33.7 Å². The first-order chi connectivity index (χ1) is 16.2. The Kier molecular flexibility index (Phi) is 7.53. The number of carbonyl (C=O) groups is 1. The molecule has 1 amide bonds. The summed E-state index contributed by atoms with van der Waals surface area (Å²) in [7, 11) is 3.77. The lowest BCUT2D eigenvalue weighted by atomic mass is 10.0. The molecule has 1 atom stereocenters. The fourth-order valence-electron chi connectivity index (χ4n) is 3.92. The highest BCUT2D eigenvalue weighted by atomic mass is 79.9. The predicted octanol–water partition coefficient (Wildman–Crippen LogP) is 3.41. The highest BCUT2D eigenvalue weighted by Gasteiger charge is 2.28. The van der Waals surface area contributed by atoms with Crippen molar-refractivity contribution in [2.24, 2.45) is 0 Å². The number of amides is 1. The number of ether oxygens (including phenoxy) is 1. The lowest BCUT2D eigenvalue weighted by Crippen LogP contribution is -2.47. The molecule has 1 saturated heterocycles. The van der Waals surface area contributed by atoms with Gasteiger partial charge in [0.2, 0.25) is 0 Å². The van der Waals surface area contributed by atoms with Gasteiger partial charge in [-0.3, -0.25) is 4.79 Å². The van der Waals surface area contributed by atoms with Gasteiger partial charge < -0.3 is 25.6 Å². The van der Waals surface area contributed by atoms with E-state index in [1.807, 2.05) is 25.1 Å². The molecule has 3 aromatic heterocycles. The van der Waals surface area contributed by atoms with Crippen molar-refractivity contribution in [1.29, 1.82) is 0 Å². The molecule has 184 valence electrons. The van der Waals surface area contributed by atoms with E-state index >= 15 is 0 Å². The second-order valence-corrected chi connectivity index (χ2v) is 10.2. The molecule has 0 aromatic carbocycles. The Morgan fingerprint density at radius 3 is 2.97 bits per heavy atom. The third kappa shape index (κ3) is 5.26. The van der Waals surface area contributed by atoms with Gasteiger partial charge in [-0.2, -0.15) is 5.10 Å². The number of piperidine rings is 1. The largest absolute Gasteiger partial charge is 0.491 e. The summed E-state index contributed by atoms with van der Waals surface area (Å²) in [6.45, 7) is 2.22. The number of nitrogens with two attached hydrogens (primary N) is 1. The molecule has 3 N–H and O–H groups in total. The number of nitrogen functional groups attached to an aromatic ring is 1.